The van der Waals surface area contributed by atoms with Crippen LogP contribution in [0.4, 0.5) is 0 Å². The van der Waals surface area contributed by atoms with Crippen molar-refractivity contribution in [3.05, 3.63) is 23.5 Å². The molecule has 11 heavy (non-hydrogen) atoms. The van der Waals surface area contributed by atoms with Crippen molar-refractivity contribution in [1.29, 1.82) is 0 Å². The topological polar surface area (TPSA) is 76.2 Å². The predicted octanol–water partition coefficient (Wildman–Crippen LogP) is 0.195. The first-order valence-corrected chi connectivity index (χ1v) is 3.07. The molecule has 1 aromatic rings. The van der Waals surface area contributed by atoms with Gasteiger partial charge in [0.05, 0.1) is 11.3 Å². The van der Waals surface area contributed by atoms with Gasteiger partial charge in [-0.15, -0.1) is 0 Å². The van der Waals surface area contributed by atoms with E-state index in [2.05, 4.69) is 4.98 Å². The number of primary amides is 1. The number of hydrogen-bond acceptors (Lipinski definition) is 3. The van der Waals surface area contributed by atoms with E-state index in [0.717, 1.165) is 0 Å². The number of carbonyl (C=O) groups excluding carboxylic acids is 1. The molecule has 0 radical (unpaired) electrons. The van der Waals surface area contributed by atoms with E-state index in [9.17, 15) is 9.90 Å². The van der Waals surface area contributed by atoms with Crippen LogP contribution < -0.4 is 5.73 Å². The molecule has 1 heterocycles. The molecule has 0 fully saturated rings. The maximum Gasteiger partial charge on any atom is 0.252 e. The first kappa shape index (κ1) is 7.53. The molecule has 0 aromatic carbocycles. The molecule has 0 aliphatic rings. The minimum Gasteiger partial charge on any atom is -0.505 e. The van der Waals surface area contributed by atoms with Gasteiger partial charge in [-0.1, -0.05) is 0 Å². The third kappa shape index (κ3) is 1.29. The highest BCUT2D eigenvalue weighted by Crippen LogP contribution is 2.17. The third-order valence-electron chi connectivity index (χ3n) is 1.37. The first-order valence-electron chi connectivity index (χ1n) is 3.07. The lowest BCUT2D eigenvalue weighted by atomic mass is 10.2. The van der Waals surface area contributed by atoms with Crippen molar-refractivity contribution in [2.75, 3.05) is 0 Å². The molecule has 0 unspecified atom stereocenters. The Hall–Kier alpha value is -1.58. The fourth-order valence-electron chi connectivity index (χ4n) is 0.757. The number of carbonyl (C=O) groups is 1. The van der Waals surface area contributed by atoms with Crippen molar-refractivity contribution >= 4 is 5.91 Å². The fourth-order valence-corrected chi connectivity index (χ4v) is 0.757. The molecule has 0 atom stereocenters. The molecule has 58 valence electrons. The molecule has 4 nitrogen and oxygen atoms in total. The van der Waals surface area contributed by atoms with Gasteiger partial charge in [-0.2, -0.15) is 0 Å². The summed E-state index contributed by atoms with van der Waals surface area (Å²) in [5.74, 6) is -0.784. The van der Waals surface area contributed by atoms with Crippen molar-refractivity contribution in [2.24, 2.45) is 5.73 Å². The van der Waals surface area contributed by atoms with Crippen LogP contribution in [0.15, 0.2) is 12.3 Å². The molecule has 0 spiro atoms. The highest BCUT2D eigenvalue weighted by molar-refractivity contribution is 5.95. The number of rotatable bonds is 1. The number of aryl methyl sites for hydroxylation is 1. The molecule has 0 aliphatic heterocycles. The molecule has 4 heteroatoms. The van der Waals surface area contributed by atoms with Gasteiger partial charge in [0.25, 0.3) is 5.91 Å². The molecule has 0 bridgehead atoms. The normalized spacial score (nSPS) is 9.55. The van der Waals surface area contributed by atoms with Crippen molar-refractivity contribution in [1.82, 2.24) is 4.98 Å². The summed E-state index contributed by atoms with van der Waals surface area (Å²) in [6.07, 6.45) is 1.43. The van der Waals surface area contributed by atoms with Crippen LogP contribution in [0, 0.1) is 6.92 Å². The Morgan fingerprint density at radius 2 is 2.36 bits per heavy atom. The first-order chi connectivity index (χ1) is 5.13. The summed E-state index contributed by atoms with van der Waals surface area (Å²) in [4.78, 5) is 14.4. The summed E-state index contributed by atoms with van der Waals surface area (Å²) in [6, 6.07) is 1.38. The van der Waals surface area contributed by atoms with Crippen molar-refractivity contribution in [2.45, 2.75) is 6.92 Å². The second-order valence-corrected chi connectivity index (χ2v) is 2.16. The van der Waals surface area contributed by atoms with Crippen LogP contribution in [-0.2, 0) is 0 Å². The fraction of sp³-hybridized carbons (Fsp3) is 0.143. The minimum atomic E-state index is -0.645. The summed E-state index contributed by atoms with van der Waals surface area (Å²) in [5.41, 5.74) is 5.47. The van der Waals surface area contributed by atoms with Crippen molar-refractivity contribution < 1.29 is 9.90 Å². The largest absolute Gasteiger partial charge is 0.505 e. The lowest BCUT2D eigenvalue weighted by Crippen LogP contribution is -2.11. The van der Waals surface area contributed by atoms with E-state index >= 15 is 0 Å². The van der Waals surface area contributed by atoms with E-state index in [1.165, 1.54) is 12.3 Å². The molecule has 0 saturated carbocycles. The van der Waals surface area contributed by atoms with Gasteiger partial charge < -0.3 is 10.8 Å². The van der Waals surface area contributed by atoms with E-state index in [-0.39, 0.29) is 11.3 Å². The number of pyridine rings is 1. The van der Waals surface area contributed by atoms with Crippen LogP contribution >= 0.6 is 0 Å². The highest BCUT2D eigenvalue weighted by atomic mass is 16.3. The third-order valence-corrected chi connectivity index (χ3v) is 1.37. The summed E-state index contributed by atoms with van der Waals surface area (Å²) >= 11 is 0. The number of amides is 1. The summed E-state index contributed by atoms with van der Waals surface area (Å²) in [5, 5.41) is 9.20. The lowest BCUT2D eigenvalue weighted by Gasteiger charge is -2.00. The van der Waals surface area contributed by atoms with Gasteiger partial charge in [0.1, 0.15) is 5.75 Å². The zero-order chi connectivity index (χ0) is 8.43. The Morgan fingerprint density at radius 3 is 2.82 bits per heavy atom. The van der Waals surface area contributed by atoms with Gasteiger partial charge in [0.2, 0.25) is 0 Å². The van der Waals surface area contributed by atoms with E-state index in [1.807, 2.05) is 0 Å². The lowest BCUT2D eigenvalue weighted by molar-refractivity contribution is 0.0997. The Bertz CT molecular complexity index is 296. The molecular weight excluding hydrogens is 144 g/mol. The summed E-state index contributed by atoms with van der Waals surface area (Å²) in [6.45, 7) is 1.60. The van der Waals surface area contributed by atoms with Crippen molar-refractivity contribution in [3.8, 4) is 5.75 Å². The van der Waals surface area contributed by atoms with Gasteiger partial charge in [0.15, 0.2) is 0 Å². The molecule has 1 aromatic heterocycles. The quantitative estimate of drug-likeness (QED) is 0.603. The maximum absolute atomic E-state index is 10.6. The summed E-state index contributed by atoms with van der Waals surface area (Å²) in [7, 11) is 0. The molecule has 0 saturated heterocycles. The van der Waals surface area contributed by atoms with Gasteiger partial charge >= 0.3 is 0 Å². The monoisotopic (exact) mass is 152 g/mol. The zero-order valence-corrected chi connectivity index (χ0v) is 6.03. The highest BCUT2D eigenvalue weighted by Gasteiger charge is 2.08. The predicted molar refractivity (Wildman–Crippen MR) is 39.2 cm³/mol. The van der Waals surface area contributed by atoms with Crippen LogP contribution in [0.5, 0.6) is 5.75 Å². The van der Waals surface area contributed by atoms with E-state index in [4.69, 9.17) is 5.73 Å². The Morgan fingerprint density at radius 1 is 1.73 bits per heavy atom. The number of nitrogens with two attached hydrogens (primary N) is 1. The second kappa shape index (κ2) is 2.57. The van der Waals surface area contributed by atoms with Crippen LogP contribution in [0.3, 0.4) is 0 Å². The zero-order valence-electron chi connectivity index (χ0n) is 6.03. The maximum atomic E-state index is 10.6. The van der Waals surface area contributed by atoms with Crippen LogP contribution in [0.2, 0.25) is 0 Å². The molecule has 0 aliphatic carbocycles. The van der Waals surface area contributed by atoms with Crippen LogP contribution in [0.1, 0.15) is 16.1 Å². The summed E-state index contributed by atoms with van der Waals surface area (Å²) < 4.78 is 0. The Labute approximate surface area is 63.7 Å². The average Bonchev–Trinajstić information content (AvgIpc) is 1.94. The minimum absolute atomic E-state index is 0.109. The van der Waals surface area contributed by atoms with Crippen molar-refractivity contribution in [3.63, 3.8) is 0 Å². The van der Waals surface area contributed by atoms with Gasteiger partial charge in [-0.25, -0.2) is 0 Å². The Balaban J connectivity index is 3.27. The average molecular weight is 152 g/mol. The number of nitrogens with zero attached hydrogens (tertiary/aromatic N) is 1. The number of hydrogen-bond donors (Lipinski definition) is 2. The Kier molecular flexibility index (Phi) is 1.76. The molecule has 3 N–H and O–H groups in total. The van der Waals surface area contributed by atoms with E-state index in [0.29, 0.717) is 5.69 Å². The SMILES string of the molecule is Cc1nccc(C(N)=O)c1O. The van der Waals surface area contributed by atoms with Gasteiger partial charge in [0, 0.05) is 6.20 Å². The molecule has 1 rings (SSSR count). The van der Waals surface area contributed by atoms with Crippen LogP contribution in [-0.4, -0.2) is 16.0 Å². The smallest absolute Gasteiger partial charge is 0.252 e. The second-order valence-electron chi connectivity index (χ2n) is 2.16. The number of aromatic hydroxyl groups is 1. The van der Waals surface area contributed by atoms with Gasteiger partial charge in [-0.3, -0.25) is 9.78 Å². The van der Waals surface area contributed by atoms with Gasteiger partial charge in [-0.05, 0) is 13.0 Å². The van der Waals surface area contributed by atoms with Crippen LogP contribution in [0.25, 0.3) is 0 Å². The molecule has 1 amide bonds. The van der Waals surface area contributed by atoms with E-state index < -0.39 is 5.91 Å². The number of aromatic nitrogens is 1. The standard InChI is InChI=1S/C7H8N2O2/c1-4-6(10)5(7(8)11)2-3-9-4/h2-3,10H,1H3,(H2,8,11). The molecular formula is C7H8N2O2. The van der Waals surface area contributed by atoms with E-state index in [1.54, 1.807) is 6.92 Å².